The van der Waals surface area contributed by atoms with Crippen molar-refractivity contribution in [3.05, 3.63) is 60.2 Å². The number of tetrazole rings is 1. The third-order valence-electron chi connectivity index (χ3n) is 4.75. The Morgan fingerprint density at radius 1 is 1.17 bits per heavy atom. The summed E-state index contributed by atoms with van der Waals surface area (Å²) in [5.74, 6) is 0.613. The van der Waals surface area contributed by atoms with E-state index in [2.05, 4.69) is 26.0 Å². The highest BCUT2D eigenvalue weighted by Crippen LogP contribution is 2.13. The van der Waals surface area contributed by atoms with Gasteiger partial charge in [-0.1, -0.05) is 42.5 Å². The van der Waals surface area contributed by atoms with Crippen LogP contribution in [-0.4, -0.2) is 51.9 Å². The SMILES string of the molecule is O=C(CC1COCCN1)Nc1ccc(CCn2nnc(-c3ccccc3)n2)cc1. The number of rotatable bonds is 7. The second kappa shape index (κ2) is 9.40. The lowest BCUT2D eigenvalue weighted by Crippen LogP contribution is -2.43. The first-order chi connectivity index (χ1) is 14.3. The van der Waals surface area contributed by atoms with Gasteiger partial charge in [-0.15, -0.1) is 10.2 Å². The molecular formula is C21H24N6O2. The second-order valence-electron chi connectivity index (χ2n) is 7.00. The summed E-state index contributed by atoms with van der Waals surface area (Å²) < 4.78 is 5.38. The molecule has 1 atom stereocenters. The van der Waals surface area contributed by atoms with Gasteiger partial charge < -0.3 is 15.4 Å². The lowest BCUT2D eigenvalue weighted by molar-refractivity contribution is -0.117. The molecule has 1 aromatic heterocycles. The van der Waals surface area contributed by atoms with Gasteiger partial charge in [0.05, 0.1) is 19.8 Å². The van der Waals surface area contributed by atoms with Crippen molar-refractivity contribution in [3.63, 3.8) is 0 Å². The maximum atomic E-state index is 12.2. The van der Waals surface area contributed by atoms with Crippen LogP contribution in [0.25, 0.3) is 11.4 Å². The topological polar surface area (TPSA) is 94.0 Å². The monoisotopic (exact) mass is 392 g/mol. The minimum atomic E-state index is -0.0130. The molecule has 1 aliphatic rings. The number of hydrogen-bond donors (Lipinski definition) is 2. The molecule has 1 aliphatic heterocycles. The largest absolute Gasteiger partial charge is 0.378 e. The van der Waals surface area contributed by atoms with Gasteiger partial charge in [0.15, 0.2) is 0 Å². The molecule has 3 aromatic rings. The highest BCUT2D eigenvalue weighted by molar-refractivity contribution is 5.91. The van der Waals surface area contributed by atoms with E-state index in [1.165, 1.54) is 0 Å². The smallest absolute Gasteiger partial charge is 0.226 e. The number of nitrogens with one attached hydrogen (secondary N) is 2. The van der Waals surface area contributed by atoms with Crippen molar-refractivity contribution in [3.8, 4) is 11.4 Å². The molecule has 0 aliphatic carbocycles. The van der Waals surface area contributed by atoms with E-state index in [9.17, 15) is 4.79 Å². The number of carbonyl (C=O) groups excluding carboxylic acids is 1. The number of carbonyl (C=O) groups is 1. The first kappa shape index (κ1) is 19.2. The predicted molar refractivity (Wildman–Crippen MR) is 109 cm³/mol. The number of morpholine rings is 1. The fraction of sp³-hybridized carbons (Fsp3) is 0.333. The van der Waals surface area contributed by atoms with E-state index in [0.29, 0.717) is 32.0 Å². The molecule has 0 radical (unpaired) electrons. The average molecular weight is 392 g/mol. The quantitative estimate of drug-likeness (QED) is 0.638. The van der Waals surface area contributed by atoms with Gasteiger partial charge in [-0.2, -0.15) is 4.80 Å². The van der Waals surface area contributed by atoms with E-state index < -0.39 is 0 Å². The molecule has 4 rings (SSSR count). The van der Waals surface area contributed by atoms with Gasteiger partial charge >= 0.3 is 0 Å². The molecule has 1 amide bonds. The average Bonchev–Trinajstić information content (AvgIpc) is 3.24. The number of ether oxygens (including phenoxy) is 1. The first-order valence-corrected chi connectivity index (χ1v) is 9.79. The van der Waals surface area contributed by atoms with Crippen molar-refractivity contribution in [2.45, 2.75) is 25.4 Å². The molecule has 1 fully saturated rings. The van der Waals surface area contributed by atoms with Gasteiger partial charge in [-0.3, -0.25) is 4.79 Å². The van der Waals surface area contributed by atoms with Crippen LogP contribution in [-0.2, 0) is 22.5 Å². The fourth-order valence-electron chi connectivity index (χ4n) is 3.21. The number of amides is 1. The van der Waals surface area contributed by atoms with E-state index in [4.69, 9.17) is 4.74 Å². The van der Waals surface area contributed by atoms with E-state index in [1.807, 2.05) is 54.6 Å². The summed E-state index contributed by atoms with van der Waals surface area (Å²) in [5.41, 5.74) is 2.89. The van der Waals surface area contributed by atoms with Gasteiger partial charge in [0, 0.05) is 30.3 Å². The second-order valence-corrected chi connectivity index (χ2v) is 7.00. The first-order valence-electron chi connectivity index (χ1n) is 9.79. The van der Waals surface area contributed by atoms with E-state index in [-0.39, 0.29) is 11.9 Å². The number of hydrogen-bond acceptors (Lipinski definition) is 6. The minimum Gasteiger partial charge on any atom is -0.378 e. The van der Waals surface area contributed by atoms with Crippen LogP contribution in [0.3, 0.4) is 0 Å². The van der Waals surface area contributed by atoms with E-state index >= 15 is 0 Å². The van der Waals surface area contributed by atoms with Crippen molar-refractivity contribution in [2.75, 3.05) is 25.1 Å². The third-order valence-corrected chi connectivity index (χ3v) is 4.75. The van der Waals surface area contributed by atoms with Gasteiger partial charge in [0.1, 0.15) is 0 Å². The molecule has 2 N–H and O–H groups in total. The Kier molecular flexibility index (Phi) is 6.23. The maximum Gasteiger partial charge on any atom is 0.226 e. The molecule has 8 nitrogen and oxygen atoms in total. The van der Waals surface area contributed by atoms with E-state index in [0.717, 1.165) is 29.8 Å². The van der Waals surface area contributed by atoms with Crippen LogP contribution in [0.2, 0.25) is 0 Å². The normalized spacial score (nSPS) is 16.5. The third kappa shape index (κ3) is 5.46. The number of benzene rings is 2. The van der Waals surface area contributed by atoms with E-state index in [1.54, 1.807) is 4.80 Å². The van der Waals surface area contributed by atoms with Crippen LogP contribution in [0.5, 0.6) is 0 Å². The maximum absolute atomic E-state index is 12.2. The van der Waals surface area contributed by atoms with Crippen LogP contribution < -0.4 is 10.6 Å². The van der Waals surface area contributed by atoms with Gasteiger partial charge in [-0.25, -0.2) is 0 Å². The molecule has 29 heavy (non-hydrogen) atoms. The summed E-state index contributed by atoms with van der Waals surface area (Å²) in [7, 11) is 0. The van der Waals surface area contributed by atoms with Crippen molar-refractivity contribution >= 4 is 11.6 Å². The van der Waals surface area contributed by atoms with Gasteiger partial charge in [0.2, 0.25) is 11.7 Å². The van der Waals surface area contributed by atoms with Crippen LogP contribution in [0.4, 0.5) is 5.69 Å². The lowest BCUT2D eigenvalue weighted by atomic mass is 10.1. The Bertz CT molecular complexity index is 920. The number of aromatic nitrogens is 4. The van der Waals surface area contributed by atoms with Gasteiger partial charge in [-0.05, 0) is 29.3 Å². The summed E-state index contributed by atoms with van der Waals surface area (Å²) in [5, 5.41) is 18.9. The molecule has 0 bridgehead atoms. The van der Waals surface area contributed by atoms with Gasteiger partial charge in [0.25, 0.3) is 0 Å². The zero-order chi connectivity index (χ0) is 19.9. The highest BCUT2D eigenvalue weighted by Gasteiger charge is 2.16. The van der Waals surface area contributed by atoms with Crippen LogP contribution in [0.1, 0.15) is 12.0 Å². The van der Waals surface area contributed by atoms with Crippen LogP contribution in [0.15, 0.2) is 54.6 Å². The van der Waals surface area contributed by atoms with Crippen molar-refractivity contribution in [1.82, 2.24) is 25.5 Å². The molecule has 0 spiro atoms. The molecule has 2 aromatic carbocycles. The Labute approximate surface area is 169 Å². The number of anilines is 1. The highest BCUT2D eigenvalue weighted by atomic mass is 16.5. The Hall–Kier alpha value is -3.10. The molecule has 8 heteroatoms. The number of nitrogens with zero attached hydrogens (tertiary/aromatic N) is 4. The summed E-state index contributed by atoms with van der Waals surface area (Å²) in [6.07, 6.45) is 1.19. The van der Waals surface area contributed by atoms with Crippen LogP contribution in [0, 0.1) is 0 Å². The Morgan fingerprint density at radius 2 is 2.00 bits per heavy atom. The Morgan fingerprint density at radius 3 is 2.76 bits per heavy atom. The summed E-state index contributed by atoms with van der Waals surface area (Å²) in [4.78, 5) is 13.8. The predicted octanol–water partition coefficient (Wildman–Crippen LogP) is 1.90. The zero-order valence-corrected chi connectivity index (χ0v) is 16.1. The minimum absolute atomic E-state index is 0.0130. The zero-order valence-electron chi connectivity index (χ0n) is 16.1. The van der Waals surface area contributed by atoms with Crippen LogP contribution >= 0.6 is 0 Å². The summed E-state index contributed by atoms with van der Waals surface area (Å²) in [6, 6.07) is 17.7. The molecular weight excluding hydrogens is 368 g/mol. The van der Waals surface area contributed by atoms with Crippen molar-refractivity contribution in [1.29, 1.82) is 0 Å². The molecule has 0 saturated carbocycles. The van der Waals surface area contributed by atoms with Crippen molar-refractivity contribution < 1.29 is 9.53 Å². The van der Waals surface area contributed by atoms with Crippen molar-refractivity contribution in [2.24, 2.45) is 0 Å². The Balaban J connectivity index is 1.26. The molecule has 1 saturated heterocycles. The molecule has 150 valence electrons. The lowest BCUT2D eigenvalue weighted by Gasteiger charge is -2.23. The fourth-order valence-corrected chi connectivity index (χ4v) is 3.21. The number of aryl methyl sites for hydroxylation is 2. The molecule has 2 heterocycles. The molecule has 1 unspecified atom stereocenters. The summed E-state index contributed by atoms with van der Waals surface area (Å²) in [6.45, 7) is 2.71. The summed E-state index contributed by atoms with van der Waals surface area (Å²) >= 11 is 0. The standard InChI is InChI=1S/C21H24N6O2/c28-20(14-19-15-29-13-11-22-19)23-18-8-6-16(7-9-18)10-12-27-25-21(24-26-27)17-4-2-1-3-5-17/h1-9,19,22H,10-15H2,(H,23,28).